The van der Waals surface area contributed by atoms with Crippen LogP contribution in [-0.2, 0) is 9.47 Å². The molecule has 0 saturated heterocycles. The number of rotatable bonds is 7. The number of hydrogen-bond donors (Lipinski definition) is 1. The monoisotopic (exact) mass is 352 g/mol. The summed E-state index contributed by atoms with van der Waals surface area (Å²) in [5, 5.41) is 2.83. The van der Waals surface area contributed by atoms with Crippen LogP contribution in [0.15, 0.2) is 18.5 Å². The second-order valence-corrected chi connectivity index (χ2v) is 7.18. The van der Waals surface area contributed by atoms with E-state index in [9.17, 15) is 9.59 Å². The number of hydrogen-bond acceptors (Lipinski definition) is 6. The lowest BCUT2D eigenvalue weighted by atomic mass is 10.0. The van der Waals surface area contributed by atoms with Crippen molar-refractivity contribution in [3.63, 3.8) is 0 Å². The van der Waals surface area contributed by atoms with Gasteiger partial charge >= 0.3 is 12.1 Å². The Hall–Kier alpha value is -2.31. The van der Waals surface area contributed by atoms with Gasteiger partial charge in [0.1, 0.15) is 18.0 Å². The Morgan fingerprint density at radius 2 is 1.92 bits per heavy atom. The summed E-state index contributed by atoms with van der Waals surface area (Å²) in [5.74, 6) is 0.314. The van der Waals surface area contributed by atoms with Gasteiger partial charge in [0.25, 0.3) is 0 Å². The SMILES string of the molecule is COC(=O)c1cncc(OC[C@@H](CC(C)C)NC(=O)OC(C)(C)C)c1. The molecule has 7 heteroatoms. The maximum Gasteiger partial charge on any atom is 0.407 e. The third-order valence-corrected chi connectivity index (χ3v) is 3.06. The van der Waals surface area contributed by atoms with E-state index >= 15 is 0 Å². The zero-order chi connectivity index (χ0) is 19.0. The molecule has 0 aliphatic carbocycles. The van der Waals surface area contributed by atoms with E-state index in [2.05, 4.69) is 28.9 Å². The number of ether oxygens (including phenoxy) is 3. The Labute approximate surface area is 149 Å². The lowest BCUT2D eigenvalue weighted by Crippen LogP contribution is -2.42. The number of esters is 1. The highest BCUT2D eigenvalue weighted by Gasteiger charge is 2.21. The fourth-order valence-electron chi connectivity index (χ4n) is 2.14. The predicted molar refractivity (Wildman–Crippen MR) is 93.7 cm³/mol. The zero-order valence-electron chi connectivity index (χ0n) is 15.8. The summed E-state index contributed by atoms with van der Waals surface area (Å²) in [5.41, 5.74) is -0.257. The lowest BCUT2D eigenvalue weighted by molar-refractivity contribution is 0.0480. The molecular formula is C18H28N2O5. The first-order valence-electron chi connectivity index (χ1n) is 8.26. The summed E-state index contributed by atoms with van der Waals surface area (Å²) in [6, 6.07) is 1.33. The molecule has 140 valence electrons. The number of amides is 1. The van der Waals surface area contributed by atoms with Crippen LogP contribution in [0.25, 0.3) is 0 Å². The average molecular weight is 352 g/mol. The number of pyridine rings is 1. The summed E-state index contributed by atoms with van der Waals surface area (Å²) in [7, 11) is 1.30. The van der Waals surface area contributed by atoms with Gasteiger partial charge in [-0.2, -0.15) is 0 Å². The molecule has 0 aromatic carbocycles. The number of nitrogens with zero attached hydrogens (tertiary/aromatic N) is 1. The molecule has 0 saturated carbocycles. The minimum atomic E-state index is -0.563. The molecule has 1 amide bonds. The molecule has 0 aliphatic heterocycles. The van der Waals surface area contributed by atoms with Crippen LogP contribution >= 0.6 is 0 Å². The molecule has 7 nitrogen and oxygen atoms in total. The van der Waals surface area contributed by atoms with Crippen LogP contribution in [0.1, 0.15) is 51.4 Å². The van der Waals surface area contributed by atoms with Crippen LogP contribution < -0.4 is 10.1 Å². The number of carbonyl (C=O) groups excluding carboxylic acids is 2. The van der Waals surface area contributed by atoms with Gasteiger partial charge in [-0.05, 0) is 39.2 Å². The van der Waals surface area contributed by atoms with Crippen LogP contribution in [-0.4, -0.2) is 42.4 Å². The standard InChI is InChI=1S/C18H28N2O5/c1-12(2)7-14(20-17(22)25-18(3,4)5)11-24-15-8-13(9-19-10-15)16(21)23-6/h8-10,12,14H,7,11H2,1-6H3,(H,20,22)/t14-/m1/s1. The molecule has 1 aromatic heterocycles. The van der Waals surface area contributed by atoms with Crippen molar-refractivity contribution in [1.82, 2.24) is 10.3 Å². The summed E-state index contributed by atoms with van der Waals surface area (Å²) in [6.45, 7) is 9.79. The number of aromatic nitrogens is 1. The van der Waals surface area contributed by atoms with Gasteiger partial charge in [0, 0.05) is 6.20 Å². The van der Waals surface area contributed by atoms with E-state index in [0.717, 1.165) is 6.42 Å². The molecule has 0 fully saturated rings. The highest BCUT2D eigenvalue weighted by molar-refractivity contribution is 5.89. The van der Waals surface area contributed by atoms with Crippen molar-refractivity contribution in [1.29, 1.82) is 0 Å². The van der Waals surface area contributed by atoms with E-state index in [1.54, 1.807) is 6.07 Å². The second-order valence-electron chi connectivity index (χ2n) is 7.18. The first-order valence-corrected chi connectivity index (χ1v) is 8.26. The third-order valence-electron chi connectivity index (χ3n) is 3.06. The van der Waals surface area contributed by atoms with Gasteiger partial charge < -0.3 is 19.5 Å². The Balaban J connectivity index is 2.69. The quantitative estimate of drug-likeness (QED) is 0.759. The van der Waals surface area contributed by atoms with Crippen molar-refractivity contribution in [2.75, 3.05) is 13.7 Å². The molecule has 25 heavy (non-hydrogen) atoms. The molecule has 1 rings (SSSR count). The molecule has 1 atom stereocenters. The van der Waals surface area contributed by atoms with Crippen LogP contribution in [0.4, 0.5) is 4.79 Å². The highest BCUT2D eigenvalue weighted by atomic mass is 16.6. The Morgan fingerprint density at radius 3 is 2.48 bits per heavy atom. The van der Waals surface area contributed by atoms with Crippen molar-refractivity contribution in [2.24, 2.45) is 5.92 Å². The average Bonchev–Trinajstić information content (AvgIpc) is 2.49. The van der Waals surface area contributed by atoms with E-state index in [4.69, 9.17) is 9.47 Å². The van der Waals surface area contributed by atoms with Gasteiger partial charge in [0.05, 0.1) is 24.9 Å². The summed E-state index contributed by atoms with van der Waals surface area (Å²) in [4.78, 5) is 27.5. The molecular weight excluding hydrogens is 324 g/mol. The van der Waals surface area contributed by atoms with Gasteiger partial charge in [0.2, 0.25) is 0 Å². The number of alkyl carbamates (subject to hydrolysis) is 1. The van der Waals surface area contributed by atoms with E-state index < -0.39 is 17.7 Å². The number of nitrogens with one attached hydrogen (secondary N) is 1. The molecule has 1 heterocycles. The minimum Gasteiger partial charge on any atom is -0.490 e. The fraction of sp³-hybridized carbons (Fsp3) is 0.611. The second kappa shape index (κ2) is 9.25. The normalized spacial score (nSPS) is 12.4. The van der Waals surface area contributed by atoms with Crippen molar-refractivity contribution in [2.45, 2.75) is 52.7 Å². The summed E-state index contributed by atoms with van der Waals surface area (Å²) >= 11 is 0. The molecule has 0 spiro atoms. The van der Waals surface area contributed by atoms with Gasteiger partial charge in [-0.3, -0.25) is 4.98 Å². The predicted octanol–water partition coefficient (Wildman–Crippen LogP) is 3.19. The van der Waals surface area contributed by atoms with Crippen LogP contribution in [0.3, 0.4) is 0 Å². The maximum atomic E-state index is 12.0. The van der Waals surface area contributed by atoms with E-state index in [1.807, 2.05) is 20.8 Å². The Bertz CT molecular complexity index is 581. The topological polar surface area (TPSA) is 86.8 Å². The van der Waals surface area contributed by atoms with Crippen molar-refractivity contribution in [3.05, 3.63) is 24.0 Å². The van der Waals surface area contributed by atoms with Crippen LogP contribution in [0.5, 0.6) is 5.75 Å². The molecule has 1 N–H and O–H groups in total. The van der Waals surface area contributed by atoms with Gasteiger partial charge in [-0.25, -0.2) is 9.59 Å². The first-order chi connectivity index (χ1) is 11.6. The van der Waals surface area contributed by atoms with E-state index in [0.29, 0.717) is 17.2 Å². The summed E-state index contributed by atoms with van der Waals surface area (Å²) < 4.78 is 15.6. The van der Waals surface area contributed by atoms with Crippen molar-refractivity contribution in [3.8, 4) is 5.75 Å². The van der Waals surface area contributed by atoms with E-state index in [-0.39, 0.29) is 12.6 Å². The highest BCUT2D eigenvalue weighted by Crippen LogP contribution is 2.14. The number of carbonyl (C=O) groups is 2. The van der Waals surface area contributed by atoms with Gasteiger partial charge in [0.15, 0.2) is 0 Å². The van der Waals surface area contributed by atoms with Crippen molar-refractivity contribution < 1.29 is 23.8 Å². The van der Waals surface area contributed by atoms with Crippen LogP contribution in [0.2, 0.25) is 0 Å². The zero-order valence-corrected chi connectivity index (χ0v) is 15.8. The molecule has 0 radical (unpaired) electrons. The molecule has 0 aliphatic rings. The summed E-state index contributed by atoms with van der Waals surface area (Å²) in [6.07, 6.45) is 3.15. The maximum absolute atomic E-state index is 12.0. The van der Waals surface area contributed by atoms with Gasteiger partial charge in [-0.15, -0.1) is 0 Å². The molecule has 0 unspecified atom stereocenters. The van der Waals surface area contributed by atoms with Crippen LogP contribution in [0, 0.1) is 5.92 Å². The molecule has 0 bridgehead atoms. The number of methoxy groups -OCH3 is 1. The fourth-order valence-corrected chi connectivity index (χ4v) is 2.14. The molecule has 1 aromatic rings. The Kier molecular flexibility index (Phi) is 7.67. The van der Waals surface area contributed by atoms with Gasteiger partial charge in [-0.1, -0.05) is 13.8 Å². The largest absolute Gasteiger partial charge is 0.490 e. The first kappa shape index (κ1) is 20.7. The van der Waals surface area contributed by atoms with Crippen molar-refractivity contribution >= 4 is 12.1 Å². The third kappa shape index (κ3) is 8.37. The minimum absolute atomic E-state index is 0.225. The van der Waals surface area contributed by atoms with E-state index in [1.165, 1.54) is 19.5 Å². The lowest BCUT2D eigenvalue weighted by Gasteiger charge is -2.24. The Morgan fingerprint density at radius 1 is 1.24 bits per heavy atom. The smallest absolute Gasteiger partial charge is 0.407 e.